The molecule has 1 fully saturated rings. The molecule has 0 bridgehead atoms. The second kappa shape index (κ2) is 3.77. The van der Waals surface area contributed by atoms with Crippen molar-refractivity contribution in [2.24, 2.45) is 10.5 Å². The van der Waals surface area contributed by atoms with Crippen LogP contribution in [0.15, 0.2) is 5.10 Å². The molecule has 0 saturated heterocycles. The van der Waals surface area contributed by atoms with Gasteiger partial charge >= 0.3 is 5.97 Å². The number of hydrazone groups is 1. The van der Waals surface area contributed by atoms with Crippen LogP contribution in [-0.4, -0.2) is 23.3 Å². The maximum Gasteiger partial charge on any atom is 0.324 e. The molecule has 0 spiro atoms. The SMILES string of the molecule is CC1(C)CC/C(=N/NCC(=O)O)C1. The highest BCUT2D eigenvalue weighted by atomic mass is 16.4. The zero-order valence-corrected chi connectivity index (χ0v) is 8.13. The van der Waals surface area contributed by atoms with E-state index in [0.29, 0.717) is 5.41 Å². The molecule has 1 saturated carbocycles. The van der Waals surface area contributed by atoms with Crippen LogP contribution in [0.1, 0.15) is 33.1 Å². The maximum absolute atomic E-state index is 10.2. The van der Waals surface area contributed by atoms with E-state index in [1.54, 1.807) is 0 Å². The van der Waals surface area contributed by atoms with Crippen LogP contribution in [0.2, 0.25) is 0 Å². The number of aliphatic carboxylic acids is 1. The molecule has 0 aromatic rings. The van der Waals surface area contributed by atoms with Crippen molar-refractivity contribution in [1.29, 1.82) is 0 Å². The number of carboxylic acids is 1. The molecule has 4 nitrogen and oxygen atoms in total. The zero-order chi connectivity index (χ0) is 9.90. The first kappa shape index (κ1) is 10.0. The summed E-state index contributed by atoms with van der Waals surface area (Å²) in [5, 5.41) is 12.4. The van der Waals surface area contributed by atoms with Crippen LogP contribution in [0.5, 0.6) is 0 Å². The summed E-state index contributed by atoms with van der Waals surface area (Å²) in [7, 11) is 0. The van der Waals surface area contributed by atoms with Gasteiger partial charge in [0, 0.05) is 5.71 Å². The minimum atomic E-state index is -0.874. The van der Waals surface area contributed by atoms with Crippen molar-refractivity contribution in [1.82, 2.24) is 5.43 Å². The molecule has 0 heterocycles. The highest BCUT2D eigenvalue weighted by molar-refractivity contribution is 5.87. The number of nitrogens with one attached hydrogen (secondary N) is 1. The van der Waals surface area contributed by atoms with Crippen LogP contribution < -0.4 is 5.43 Å². The molecular formula is C9H16N2O2. The smallest absolute Gasteiger partial charge is 0.324 e. The van der Waals surface area contributed by atoms with Crippen LogP contribution in [0, 0.1) is 5.41 Å². The lowest BCUT2D eigenvalue weighted by atomic mass is 9.92. The van der Waals surface area contributed by atoms with Crippen LogP contribution in [0.25, 0.3) is 0 Å². The lowest BCUT2D eigenvalue weighted by Gasteiger charge is -2.13. The number of nitrogens with zero attached hydrogens (tertiary/aromatic N) is 1. The summed E-state index contributed by atoms with van der Waals surface area (Å²) < 4.78 is 0. The van der Waals surface area contributed by atoms with E-state index >= 15 is 0 Å². The third-order valence-electron chi connectivity index (χ3n) is 2.24. The van der Waals surface area contributed by atoms with Crippen molar-refractivity contribution < 1.29 is 9.90 Å². The van der Waals surface area contributed by atoms with Gasteiger partial charge in [0.2, 0.25) is 0 Å². The van der Waals surface area contributed by atoms with E-state index in [1.165, 1.54) is 0 Å². The average Bonchev–Trinajstić information content (AvgIpc) is 2.29. The summed E-state index contributed by atoms with van der Waals surface area (Å²) in [6, 6.07) is 0. The lowest BCUT2D eigenvalue weighted by Crippen LogP contribution is -2.18. The van der Waals surface area contributed by atoms with E-state index in [4.69, 9.17) is 5.11 Å². The summed E-state index contributed by atoms with van der Waals surface area (Å²) in [5.74, 6) is -0.874. The Bertz CT molecular complexity index is 234. The van der Waals surface area contributed by atoms with E-state index in [2.05, 4.69) is 24.4 Å². The molecule has 13 heavy (non-hydrogen) atoms. The lowest BCUT2D eigenvalue weighted by molar-refractivity contribution is -0.135. The largest absolute Gasteiger partial charge is 0.480 e. The Kier molecular flexibility index (Phi) is 2.90. The Hall–Kier alpha value is -1.06. The van der Waals surface area contributed by atoms with E-state index in [9.17, 15) is 4.79 Å². The zero-order valence-electron chi connectivity index (χ0n) is 8.13. The number of hydrogen-bond donors (Lipinski definition) is 2. The van der Waals surface area contributed by atoms with Crippen LogP contribution in [0.4, 0.5) is 0 Å². The first-order valence-electron chi connectivity index (χ1n) is 4.50. The highest BCUT2D eigenvalue weighted by Crippen LogP contribution is 2.34. The third-order valence-corrected chi connectivity index (χ3v) is 2.24. The quantitative estimate of drug-likeness (QED) is 0.648. The van der Waals surface area contributed by atoms with Gasteiger partial charge in [0.15, 0.2) is 0 Å². The molecule has 0 radical (unpaired) electrons. The van der Waals surface area contributed by atoms with E-state index in [0.717, 1.165) is 25.0 Å². The second-order valence-corrected chi connectivity index (χ2v) is 4.25. The summed E-state index contributed by atoms with van der Waals surface area (Å²) in [6.07, 6.45) is 3.10. The van der Waals surface area contributed by atoms with Crippen molar-refractivity contribution in [2.75, 3.05) is 6.54 Å². The molecule has 0 atom stereocenters. The normalized spacial score (nSPS) is 23.4. The van der Waals surface area contributed by atoms with Crippen molar-refractivity contribution >= 4 is 11.7 Å². The molecule has 1 aliphatic carbocycles. The number of carbonyl (C=O) groups is 1. The fourth-order valence-corrected chi connectivity index (χ4v) is 1.53. The number of carboxylic acid groups (broad SMARTS) is 1. The molecule has 0 amide bonds. The molecule has 0 aromatic heterocycles. The molecule has 1 aliphatic rings. The highest BCUT2D eigenvalue weighted by Gasteiger charge is 2.27. The Balaban J connectivity index is 2.33. The Morgan fingerprint density at radius 3 is 2.85 bits per heavy atom. The minimum Gasteiger partial charge on any atom is -0.480 e. The molecule has 0 aromatic carbocycles. The fraction of sp³-hybridized carbons (Fsp3) is 0.778. The second-order valence-electron chi connectivity index (χ2n) is 4.25. The molecule has 2 N–H and O–H groups in total. The van der Waals surface area contributed by atoms with Gasteiger partial charge in [0.25, 0.3) is 0 Å². The van der Waals surface area contributed by atoms with Gasteiger partial charge in [-0.25, -0.2) is 0 Å². The fourth-order valence-electron chi connectivity index (χ4n) is 1.53. The monoisotopic (exact) mass is 184 g/mol. The van der Waals surface area contributed by atoms with Crippen molar-refractivity contribution in [3.05, 3.63) is 0 Å². The van der Waals surface area contributed by atoms with Gasteiger partial charge in [0.1, 0.15) is 6.54 Å². The summed E-state index contributed by atoms with van der Waals surface area (Å²) >= 11 is 0. The van der Waals surface area contributed by atoms with Gasteiger partial charge < -0.3 is 5.11 Å². The predicted molar refractivity (Wildman–Crippen MR) is 50.7 cm³/mol. The van der Waals surface area contributed by atoms with E-state index in [1.807, 2.05) is 0 Å². The Labute approximate surface area is 78.0 Å². The van der Waals surface area contributed by atoms with Crippen LogP contribution in [-0.2, 0) is 4.79 Å². The van der Waals surface area contributed by atoms with Gasteiger partial charge in [-0.3, -0.25) is 10.2 Å². The van der Waals surface area contributed by atoms with Gasteiger partial charge in [-0.05, 0) is 24.7 Å². The molecule has 0 aliphatic heterocycles. The first-order valence-corrected chi connectivity index (χ1v) is 4.50. The van der Waals surface area contributed by atoms with Gasteiger partial charge in [-0.1, -0.05) is 13.8 Å². The number of rotatable bonds is 3. The molecule has 1 rings (SSSR count). The van der Waals surface area contributed by atoms with Crippen LogP contribution in [0.3, 0.4) is 0 Å². The van der Waals surface area contributed by atoms with Gasteiger partial charge in [-0.2, -0.15) is 5.10 Å². The minimum absolute atomic E-state index is 0.0933. The van der Waals surface area contributed by atoms with E-state index in [-0.39, 0.29) is 6.54 Å². The van der Waals surface area contributed by atoms with E-state index < -0.39 is 5.97 Å². The Morgan fingerprint density at radius 2 is 2.38 bits per heavy atom. The van der Waals surface area contributed by atoms with Crippen molar-refractivity contribution in [2.45, 2.75) is 33.1 Å². The van der Waals surface area contributed by atoms with Crippen LogP contribution >= 0.6 is 0 Å². The summed E-state index contributed by atoms with van der Waals surface area (Å²) in [5.41, 5.74) is 3.98. The summed E-state index contributed by atoms with van der Waals surface area (Å²) in [4.78, 5) is 10.2. The van der Waals surface area contributed by atoms with Gasteiger partial charge in [-0.15, -0.1) is 0 Å². The predicted octanol–water partition coefficient (Wildman–Crippen LogP) is 1.23. The molecule has 74 valence electrons. The third kappa shape index (κ3) is 3.44. The topological polar surface area (TPSA) is 61.7 Å². The molecule has 4 heteroatoms. The van der Waals surface area contributed by atoms with Crippen molar-refractivity contribution in [3.8, 4) is 0 Å². The first-order chi connectivity index (χ1) is 5.99. The molecule has 0 unspecified atom stereocenters. The Morgan fingerprint density at radius 1 is 1.69 bits per heavy atom. The maximum atomic E-state index is 10.2. The molecular weight excluding hydrogens is 168 g/mol. The summed E-state index contributed by atoms with van der Waals surface area (Å²) in [6.45, 7) is 4.31. The van der Waals surface area contributed by atoms with Gasteiger partial charge in [0.05, 0.1) is 0 Å². The van der Waals surface area contributed by atoms with Crippen molar-refractivity contribution in [3.63, 3.8) is 0 Å². The standard InChI is InChI=1S/C9H16N2O2/c1-9(2)4-3-7(5-9)11-10-6-8(12)13/h10H,3-6H2,1-2H3,(H,12,13)/b11-7-. The number of hydrogen-bond acceptors (Lipinski definition) is 3. The average molecular weight is 184 g/mol.